The van der Waals surface area contributed by atoms with Crippen LogP contribution < -0.4 is 15.4 Å². The number of nitrogens with zero attached hydrogens (tertiary/aromatic N) is 5. The van der Waals surface area contributed by atoms with Crippen LogP contribution in [-0.4, -0.2) is 91.2 Å². The third kappa shape index (κ3) is 7.34. The maximum Gasteiger partial charge on any atom is 0.408 e. The maximum absolute atomic E-state index is 14.5. The van der Waals surface area contributed by atoms with Crippen molar-refractivity contribution in [2.45, 2.75) is 100 Å². The summed E-state index contributed by atoms with van der Waals surface area (Å²) >= 11 is 1.42. The first-order valence-electron chi connectivity index (χ1n) is 17.8. The monoisotopic (exact) mass is 717 g/mol. The molecule has 3 aromatic rings. The molecule has 0 spiro atoms. The fourth-order valence-corrected chi connectivity index (χ4v) is 8.11. The lowest BCUT2D eigenvalue weighted by Crippen LogP contribution is -2.56. The van der Waals surface area contributed by atoms with Crippen LogP contribution in [0.25, 0.3) is 22.0 Å². The zero-order valence-corrected chi connectivity index (χ0v) is 29.3. The van der Waals surface area contributed by atoms with Crippen molar-refractivity contribution in [1.29, 1.82) is 0 Å². The van der Waals surface area contributed by atoms with E-state index in [9.17, 15) is 24.3 Å². The molecule has 4 aliphatic rings. The van der Waals surface area contributed by atoms with Gasteiger partial charge in [-0.05, 0) is 75.6 Å². The molecular weight excluding hydrogens is 675 g/mol. The van der Waals surface area contributed by atoms with E-state index >= 15 is 0 Å². The molecule has 2 saturated carbocycles. The Labute approximate surface area is 299 Å². The zero-order chi connectivity index (χ0) is 35.5. The van der Waals surface area contributed by atoms with Gasteiger partial charge in [0.05, 0.1) is 13.2 Å². The van der Waals surface area contributed by atoms with Crippen molar-refractivity contribution >= 4 is 35.2 Å². The Kier molecular flexibility index (Phi) is 10.1. The van der Waals surface area contributed by atoms with E-state index in [1.807, 2.05) is 41.8 Å². The van der Waals surface area contributed by atoms with Gasteiger partial charge in [0, 0.05) is 36.0 Å². The Morgan fingerprint density at radius 2 is 1.80 bits per heavy atom. The van der Waals surface area contributed by atoms with Crippen molar-refractivity contribution in [3.63, 3.8) is 0 Å². The quantitative estimate of drug-likeness (QED) is 0.290. The number of aliphatic carboxylic acids is 1. The van der Waals surface area contributed by atoms with E-state index in [0.29, 0.717) is 35.0 Å². The van der Waals surface area contributed by atoms with Gasteiger partial charge in [-0.25, -0.2) is 14.6 Å². The molecule has 14 nitrogen and oxygen atoms in total. The van der Waals surface area contributed by atoms with Crippen molar-refractivity contribution in [2.24, 2.45) is 5.92 Å². The maximum atomic E-state index is 14.5. The van der Waals surface area contributed by atoms with Gasteiger partial charge >= 0.3 is 12.1 Å². The average Bonchev–Trinajstić information content (AvgIpc) is 3.77. The number of carbonyl (C=O) groups excluding carboxylic acids is 3. The molecule has 0 bridgehead atoms. The number of benzene rings is 1. The number of amides is 3. The summed E-state index contributed by atoms with van der Waals surface area (Å²) in [5, 5.41) is 28.1. The number of ether oxygens (including phenoxy) is 2. The van der Waals surface area contributed by atoms with Crippen LogP contribution in [0, 0.1) is 5.92 Å². The molecule has 51 heavy (non-hydrogen) atoms. The molecule has 5 atom stereocenters. The number of aromatic nitrogens is 4. The van der Waals surface area contributed by atoms with Gasteiger partial charge in [-0.1, -0.05) is 25.0 Å². The van der Waals surface area contributed by atoms with E-state index in [1.165, 1.54) is 21.0 Å². The van der Waals surface area contributed by atoms with E-state index in [2.05, 4.69) is 15.6 Å². The Morgan fingerprint density at radius 1 is 1.04 bits per heavy atom. The van der Waals surface area contributed by atoms with Crippen LogP contribution in [0.1, 0.15) is 76.7 Å². The van der Waals surface area contributed by atoms with Crippen molar-refractivity contribution < 1.29 is 33.8 Å². The van der Waals surface area contributed by atoms with Crippen molar-refractivity contribution in [2.75, 3.05) is 13.7 Å². The molecule has 2 aliphatic heterocycles. The number of rotatable bonds is 7. The summed E-state index contributed by atoms with van der Waals surface area (Å²) < 4.78 is 11.0. The van der Waals surface area contributed by atoms with Crippen LogP contribution in [0.5, 0.6) is 5.75 Å². The van der Waals surface area contributed by atoms with E-state index in [0.717, 1.165) is 50.5 Å². The summed E-state index contributed by atoms with van der Waals surface area (Å²) in [6.45, 7) is 0.0736. The fraction of sp³-hybridized carbons (Fsp3) is 0.528. The van der Waals surface area contributed by atoms with Crippen LogP contribution in [0.15, 0.2) is 48.0 Å². The lowest BCUT2D eigenvalue weighted by atomic mass is 10.0. The molecule has 1 saturated heterocycles. The van der Waals surface area contributed by atoms with E-state index in [4.69, 9.17) is 19.7 Å². The Balaban J connectivity index is 1.21. The molecule has 0 unspecified atom stereocenters. The summed E-state index contributed by atoms with van der Waals surface area (Å²) in [6.07, 6.45) is 12.2. The van der Waals surface area contributed by atoms with Crippen molar-refractivity contribution in [3.05, 3.63) is 48.0 Å². The number of carboxylic acid groups (broad SMARTS) is 1. The minimum Gasteiger partial charge on any atom is -0.497 e. The Morgan fingerprint density at radius 3 is 2.53 bits per heavy atom. The van der Waals surface area contributed by atoms with Gasteiger partial charge < -0.3 is 30.1 Å². The molecule has 270 valence electrons. The predicted molar refractivity (Wildman–Crippen MR) is 187 cm³/mol. The van der Waals surface area contributed by atoms with Gasteiger partial charge in [0.25, 0.3) is 0 Å². The lowest BCUT2D eigenvalue weighted by molar-refractivity contribution is -0.145. The number of methoxy groups -OCH3 is 1. The lowest BCUT2D eigenvalue weighted by Gasteiger charge is -2.29. The van der Waals surface area contributed by atoms with Gasteiger partial charge in [-0.15, -0.1) is 16.4 Å². The van der Waals surface area contributed by atoms with E-state index < -0.39 is 47.5 Å². The minimum atomic E-state index is -1.44. The third-order valence-electron chi connectivity index (χ3n) is 10.5. The first-order valence-corrected chi connectivity index (χ1v) is 18.6. The predicted octanol–water partition coefficient (Wildman–Crippen LogP) is 4.74. The SMILES string of the molecule is COc1ccc(-c2nn([C@@H]3C[C@H]4C(=O)N[C@@]5(C(=O)O)C[C@@H]5/C=C\CCCCC[C@@H](NC(=O)OC5CCCC5)C(=O)N4C3)nc2-c2nccs2)cc1. The molecular formula is C36H43N7O7S. The first-order chi connectivity index (χ1) is 24.8. The van der Waals surface area contributed by atoms with Gasteiger partial charge in [0.1, 0.15) is 45.9 Å². The summed E-state index contributed by atoms with van der Waals surface area (Å²) in [5.41, 5.74) is 0.490. The number of thiazole rings is 1. The summed E-state index contributed by atoms with van der Waals surface area (Å²) in [5.74, 6) is -1.75. The molecule has 15 heteroatoms. The first kappa shape index (κ1) is 34.6. The fourth-order valence-electron chi connectivity index (χ4n) is 7.49. The summed E-state index contributed by atoms with van der Waals surface area (Å²) in [7, 11) is 1.60. The average molecular weight is 718 g/mol. The Bertz CT molecular complexity index is 1770. The second-order valence-corrected chi connectivity index (χ2v) is 14.7. The highest BCUT2D eigenvalue weighted by atomic mass is 32.1. The molecule has 1 aromatic carbocycles. The molecule has 3 fully saturated rings. The molecule has 0 radical (unpaired) electrons. The van der Waals surface area contributed by atoms with Crippen LogP contribution in [0.2, 0.25) is 0 Å². The van der Waals surface area contributed by atoms with Gasteiger partial charge in [-0.3, -0.25) is 9.59 Å². The summed E-state index contributed by atoms with van der Waals surface area (Å²) in [6, 6.07) is 4.94. The second-order valence-electron chi connectivity index (χ2n) is 13.8. The normalized spacial score (nSPS) is 27.7. The number of hydrogen-bond acceptors (Lipinski definition) is 10. The highest BCUT2D eigenvalue weighted by Crippen LogP contribution is 2.46. The summed E-state index contributed by atoms with van der Waals surface area (Å²) in [4.78, 5) is 61.7. The minimum absolute atomic E-state index is 0.0736. The van der Waals surface area contributed by atoms with Crippen molar-refractivity contribution in [1.82, 2.24) is 35.5 Å². The Hall–Kier alpha value is -4.79. The zero-order valence-electron chi connectivity index (χ0n) is 28.5. The number of carboxylic acids is 1. The number of nitrogens with one attached hydrogen (secondary N) is 2. The largest absolute Gasteiger partial charge is 0.497 e. The number of carbonyl (C=O) groups is 4. The highest BCUT2D eigenvalue weighted by molar-refractivity contribution is 7.13. The number of fused-ring (bicyclic) bond motifs is 2. The molecule has 4 heterocycles. The highest BCUT2D eigenvalue weighted by Gasteiger charge is 2.61. The van der Waals surface area contributed by atoms with Gasteiger partial charge in [0.15, 0.2) is 0 Å². The molecule has 3 N–H and O–H groups in total. The standard InChI is InChI=1S/C36H43N7O7S/c1-49-25-15-13-22(14-16-25)29-30(32-37-17-18-51-32)41-43(40-29)24-19-28-31(44)39-36(34(46)47)20-23(36)9-5-3-2-4-6-12-27(33(45)42(28)21-24)38-35(48)50-26-10-7-8-11-26/h5,9,13-18,23-24,26-28H,2-4,6-8,10-12,19-21H2,1H3,(H,38,48)(H,39,44)(H,46,47)/b9-5-/t23-,24+,27+,28-,36-/m0/s1. The molecule has 7 rings (SSSR count). The van der Waals surface area contributed by atoms with E-state index in [1.54, 1.807) is 13.3 Å². The topological polar surface area (TPSA) is 178 Å². The van der Waals surface area contributed by atoms with Crippen molar-refractivity contribution in [3.8, 4) is 27.7 Å². The smallest absolute Gasteiger partial charge is 0.408 e. The van der Waals surface area contributed by atoms with Crippen LogP contribution in [0.3, 0.4) is 0 Å². The number of allylic oxidation sites excluding steroid dienone is 1. The van der Waals surface area contributed by atoms with Crippen LogP contribution >= 0.6 is 11.3 Å². The molecule has 3 amide bonds. The molecule has 2 aliphatic carbocycles. The second kappa shape index (κ2) is 14.8. The number of alkyl carbamates (subject to hydrolysis) is 1. The van der Waals surface area contributed by atoms with Gasteiger partial charge in [-0.2, -0.15) is 9.90 Å². The van der Waals surface area contributed by atoms with E-state index in [-0.39, 0.29) is 31.4 Å². The number of hydrogen-bond donors (Lipinski definition) is 3. The van der Waals surface area contributed by atoms with Crippen LogP contribution in [-0.2, 0) is 19.1 Å². The third-order valence-corrected chi connectivity index (χ3v) is 11.2. The molecule has 2 aromatic heterocycles. The van der Waals surface area contributed by atoms with Crippen LogP contribution in [0.4, 0.5) is 4.79 Å². The van der Waals surface area contributed by atoms with Gasteiger partial charge in [0.2, 0.25) is 11.8 Å².